The van der Waals surface area contributed by atoms with E-state index in [0.29, 0.717) is 73.3 Å². The molecule has 0 unspecified atom stereocenters. The average molecular weight is 626 g/mol. The number of anilines is 1. The average Bonchev–Trinajstić information content (AvgIpc) is 3.03. The number of likely N-dealkylation sites (tertiary alicyclic amines) is 1. The van der Waals surface area contributed by atoms with Gasteiger partial charge in [0.15, 0.2) is 0 Å². The minimum atomic E-state index is -0.536. The summed E-state index contributed by atoms with van der Waals surface area (Å²) in [5, 5.41) is 0.611. The van der Waals surface area contributed by atoms with Gasteiger partial charge in [-0.15, -0.1) is 0 Å². The fourth-order valence-corrected chi connectivity index (χ4v) is 6.54. The van der Waals surface area contributed by atoms with Crippen LogP contribution in [0, 0.1) is 17.6 Å². The maximum absolute atomic E-state index is 14.6. The number of nitrogens with two attached hydrogens (primary N) is 2. The Kier molecular flexibility index (Phi) is 10.7. The van der Waals surface area contributed by atoms with Crippen LogP contribution in [0.3, 0.4) is 0 Å². The Hall–Kier alpha value is -3.24. The first-order chi connectivity index (χ1) is 21.2. The molecule has 44 heavy (non-hydrogen) atoms. The molecule has 2 fully saturated rings. The van der Waals surface area contributed by atoms with Gasteiger partial charge < -0.3 is 26.0 Å². The van der Waals surface area contributed by atoms with Crippen LogP contribution in [0.15, 0.2) is 54.6 Å². The Labute approximate surface area is 263 Å². The molecule has 0 bridgehead atoms. The van der Waals surface area contributed by atoms with Crippen molar-refractivity contribution in [1.82, 2.24) is 14.7 Å². The summed E-state index contributed by atoms with van der Waals surface area (Å²) in [5.74, 6) is 0.0991. The molecule has 7 nitrogen and oxygen atoms in total. The number of rotatable bonds is 10. The van der Waals surface area contributed by atoms with Gasteiger partial charge in [0.05, 0.1) is 12.6 Å². The van der Waals surface area contributed by atoms with Crippen molar-refractivity contribution < 1.29 is 18.3 Å². The number of hydrogen-bond donors (Lipinski definition) is 2. The molecule has 2 heterocycles. The number of piperazine rings is 1. The second-order valence-corrected chi connectivity index (χ2v) is 12.2. The highest BCUT2D eigenvalue weighted by Crippen LogP contribution is 2.31. The van der Waals surface area contributed by atoms with E-state index in [0.717, 1.165) is 43.6 Å². The Morgan fingerprint density at radius 3 is 2.43 bits per heavy atom. The molecule has 4 N–H and O–H groups in total. The van der Waals surface area contributed by atoms with Crippen LogP contribution < -0.4 is 16.2 Å². The molecule has 1 atom stereocenters. The Balaban J connectivity index is 1.10. The maximum Gasteiger partial charge on any atom is 0.239 e. The number of carbonyl (C=O) groups excluding carboxylic acids is 1. The zero-order valence-corrected chi connectivity index (χ0v) is 26.0. The Bertz CT molecular complexity index is 1440. The second-order valence-electron chi connectivity index (χ2n) is 11.7. The van der Waals surface area contributed by atoms with Gasteiger partial charge in [0, 0.05) is 61.1 Å². The third-order valence-electron chi connectivity index (χ3n) is 8.91. The van der Waals surface area contributed by atoms with E-state index in [4.69, 9.17) is 27.8 Å². The number of carbonyl (C=O) groups is 1. The minimum absolute atomic E-state index is 0.00303. The van der Waals surface area contributed by atoms with Crippen LogP contribution >= 0.6 is 11.6 Å². The normalized spacial score (nSPS) is 17.5. The standard InChI is InChI=1S/C34H42ClF2N5O2/c1-2-44-32-5-3-4-30(36)29(32)22-41-16-18-42(19-17-41)34(43)33(39)23-10-13-40(14-11-23)15-12-24-20-25(35)6-8-27(24)28-21-26(38)7-9-31(28)37/h3-9,20-21,23,33H,2,10-19,22,38-39H2,1H3/t33-/m1/s1. The zero-order valence-electron chi connectivity index (χ0n) is 25.3. The predicted molar refractivity (Wildman–Crippen MR) is 172 cm³/mol. The van der Waals surface area contributed by atoms with Crippen LogP contribution in [0.5, 0.6) is 5.75 Å². The lowest BCUT2D eigenvalue weighted by atomic mass is 9.88. The first-order valence-corrected chi connectivity index (χ1v) is 15.8. The molecular weight excluding hydrogens is 584 g/mol. The number of amides is 1. The molecule has 0 spiro atoms. The molecule has 2 aliphatic rings. The molecular formula is C34H42ClF2N5O2. The number of nitrogens with zero attached hydrogens (tertiary/aromatic N) is 3. The van der Waals surface area contributed by atoms with Crippen molar-refractivity contribution in [3.8, 4) is 16.9 Å². The smallest absolute Gasteiger partial charge is 0.239 e. The highest BCUT2D eigenvalue weighted by molar-refractivity contribution is 6.30. The van der Waals surface area contributed by atoms with Gasteiger partial charge in [0.25, 0.3) is 0 Å². The third kappa shape index (κ3) is 7.69. The summed E-state index contributed by atoms with van der Waals surface area (Å²) in [7, 11) is 0. The van der Waals surface area contributed by atoms with E-state index in [-0.39, 0.29) is 23.5 Å². The minimum Gasteiger partial charge on any atom is -0.493 e. The summed E-state index contributed by atoms with van der Waals surface area (Å²) in [6.45, 7) is 7.72. The quantitative estimate of drug-likeness (QED) is 0.302. The van der Waals surface area contributed by atoms with E-state index in [1.54, 1.807) is 30.3 Å². The van der Waals surface area contributed by atoms with Crippen LogP contribution in [0.25, 0.3) is 11.1 Å². The van der Waals surface area contributed by atoms with Gasteiger partial charge in [0.2, 0.25) is 5.91 Å². The van der Waals surface area contributed by atoms with Gasteiger partial charge in [-0.2, -0.15) is 0 Å². The lowest BCUT2D eigenvalue weighted by Gasteiger charge is -2.39. The van der Waals surface area contributed by atoms with Gasteiger partial charge >= 0.3 is 0 Å². The van der Waals surface area contributed by atoms with Crippen molar-refractivity contribution in [1.29, 1.82) is 0 Å². The van der Waals surface area contributed by atoms with Gasteiger partial charge in [-0.1, -0.05) is 23.7 Å². The second kappa shape index (κ2) is 14.7. The molecule has 2 aliphatic heterocycles. The lowest BCUT2D eigenvalue weighted by molar-refractivity contribution is -0.136. The monoisotopic (exact) mass is 625 g/mol. The fraction of sp³-hybridized carbons (Fsp3) is 0.441. The zero-order chi connectivity index (χ0) is 31.2. The van der Waals surface area contributed by atoms with Crippen molar-refractivity contribution in [2.24, 2.45) is 11.7 Å². The van der Waals surface area contributed by atoms with Crippen LogP contribution in [0.2, 0.25) is 5.02 Å². The Morgan fingerprint density at radius 1 is 0.955 bits per heavy atom. The van der Waals surface area contributed by atoms with Crippen molar-refractivity contribution in [2.45, 2.75) is 38.8 Å². The molecule has 0 aliphatic carbocycles. The SMILES string of the molecule is CCOc1cccc(F)c1CN1CCN(C(=O)[C@H](N)C2CCN(CCc3cc(Cl)ccc3-c3cc(N)ccc3F)CC2)CC1. The summed E-state index contributed by atoms with van der Waals surface area (Å²) in [4.78, 5) is 19.7. The van der Waals surface area contributed by atoms with Crippen LogP contribution in [0.4, 0.5) is 14.5 Å². The fourth-order valence-electron chi connectivity index (χ4n) is 6.34. The number of hydrogen-bond acceptors (Lipinski definition) is 6. The van der Waals surface area contributed by atoms with Crippen molar-refractivity contribution in [3.63, 3.8) is 0 Å². The van der Waals surface area contributed by atoms with E-state index in [2.05, 4.69) is 9.80 Å². The summed E-state index contributed by atoms with van der Waals surface area (Å²) < 4.78 is 34.8. The van der Waals surface area contributed by atoms with Crippen LogP contribution in [0.1, 0.15) is 30.9 Å². The Morgan fingerprint density at radius 2 is 1.70 bits per heavy atom. The predicted octanol–water partition coefficient (Wildman–Crippen LogP) is 5.19. The van der Waals surface area contributed by atoms with Crippen LogP contribution in [-0.2, 0) is 17.8 Å². The number of ether oxygens (including phenoxy) is 1. The van der Waals surface area contributed by atoms with Crippen molar-refractivity contribution in [3.05, 3.63) is 82.4 Å². The van der Waals surface area contributed by atoms with Gasteiger partial charge in [-0.05, 0) is 98.8 Å². The largest absolute Gasteiger partial charge is 0.493 e. The number of piperidine rings is 1. The molecule has 5 rings (SSSR count). The first-order valence-electron chi connectivity index (χ1n) is 15.5. The highest BCUT2D eigenvalue weighted by atomic mass is 35.5. The molecule has 236 valence electrons. The summed E-state index contributed by atoms with van der Waals surface area (Å²) in [6, 6.07) is 14.5. The highest BCUT2D eigenvalue weighted by Gasteiger charge is 2.33. The number of benzene rings is 3. The van der Waals surface area contributed by atoms with Gasteiger partial charge in [0.1, 0.15) is 17.4 Å². The molecule has 0 aromatic heterocycles. The number of nitrogen functional groups attached to an aromatic ring is 1. The molecule has 2 saturated heterocycles. The van der Waals surface area contributed by atoms with Crippen LogP contribution in [-0.4, -0.2) is 79.1 Å². The van der Waals surface area contributed by atoms with E-state index in [1.165, 1.54) is 12.1 Å². The maximum atomic E-state index is 14.6. The molecule has 0 saturated carbocycles. The summed E-state index contributed by atoms with van der Waals surface area (Å²) >= 11 is 6.31. The van der Waals surface area contributed by atoms with Gasteiger partial charge in [-0.3, -0.25) is 9.69 Å². The topological polar surface area (TPSA) is 88.1 Å². The third-order valence-corrected chi connectivity index (χ3v) is 9.15. The molecule has 1 amide bonds. The summed E-state index contributed by atoms with van der Waals surface area (Å²) in [6.07, 6.45) is 2.39. The summed E-state index contributed by atoms with van der Waals surface area (Å²) in [5.41, 5.74) is 15.8. The van der Waals surface area contributed by atoms with Crippen molar-refractivity contribution in [2.75, 3.05) is 58.2 Å². The van der Waals surface area contributed by atoms with Gasteiger partial charge in [-0.25, -0.2) is 8.78 Å². The van der Waals surface area contributed by atoms with E-state index < -0.39 is 6.04 Å². The molecule has 3 aromatic carbocycles. The number of halogens is 3. The molecule has 3 aromatic rings. The first kappa shape index (κ1) is 32.2. The molecule has 10 heteroatoms. The lowest BCUT2D eigenvalue weighted by Crippen LogP contribution is -2.55. The van der Waals surface area contributed by atoms with E-state index in [1.807, 2.05) is 24.0 Å². The van der Waals surface area contributed by atoms with Crippen molar-refractivity contribution >= 4 is 23.2 Å². The molecule has 0 radical (unpaired) electrons. The van der Waals surface area contributed by atoms with E-state index >= 15 is 0 Å². The van der Waals surface area contributed by atoms with E-state index in [9.17, 15) is 13.6 Å².